The number of rotatable bonds is 5. The van der Waals surface area contributed by atoms with Crippen LogP contribution in [-0.4, -0.2) is 36.6 Å². The Morgan fingerprint density at radius 1 is 1.45 bits per heavy atom. The summed E-state index contributed by atoms with van der Waals surface area (Å²) in [5.74, 6) is -1.06. The van der Waals surface area contributed by atoms with Crippen LogP contribution in [-0.2, 0) is 19.1 Å². The quantitative estimate of drug-likeness (QED) is 0.438. The van der Waals surface area contributed by atoms with Gasteiger partial charge in [0, 0.05) is 11.9 Å². The van der Waals surface area contributed by atoms with Crippen LogP contribution in [0.4, 0.5) is 0 Å². The zero-order valence-electron chi connectivity index (χ0n) is 12.8. The lowest BCUT2D eigenvalue weighted by Crippen LogP contribution is -2.36. The van der Waals surface area contributed by atoms with Gasteiger partial charge in [-0.1, -0.05) is 6.08 Å². The Morgan fingerprint density at radius 2 is 2.18 bits per heavy atom. The smallest absolute Gasteiger partial charge is 0.348 e. The van der Waals surface area contributed by atoms with Crippen molar-refractivity contribution in [1.82, 2.24) is 4.90 Å². The van der Waals surface area contributed by atoms with Crippen molar-refractivity contribution in [2.45, 2.75) is 19.9 Å². The van der Waals surface area contributed by atoms with Gasteiger partial charge in [-0.25, -0.2) is 9.59 Å². The number of nitriles is 1. The Hall–Kier alpha value is -2.81. The van der Waals surface area contributed by atoms with Crippen LogP contribution in [0.3, 0.4) is 0 Å². The minimum Gasteiger partial charge on any atom is -0.465 e. The summed E-state index contributed by atoms with van der Waals surface area (Å²) in [5, 5.41) is 8.92. The highest BCUT2D eigenvalue weighted by atomic mass is 16.5. The second-order valence-corrected chi connectivity index (χ2v) is 4.31. The molecule has 0 aromatic rings. The van der Waals surface area contributed by atoms with Gasteiger partial charge in [0.1, 0.15) is 17.7 Å². The maximum Gasteiger partial charge on any atom is 0.348 e. The molecule has 1 rings (SSSR count). The van der Waals surface area contributed by atoms with Crippen LogP contribution in [0.1, 0.15) is 13.8 Å². The summed E-state index contributed by atoms with van der Waals surface area (Å²) in [6.07, 6.45) is 9.99. The zero-order chi connectivity index (χ0) is 16.5. The zero-order valence-corrected chi connectivity index (χ0v) is 12.8. The highest BCUT2D eigenvalue weighted by molar-refractivity contribution is 5.93. The van der Waals surface area contributed by atoms with Crippen molar-refractivity contribution in [3.8, 4) is 6.07 Å². The van der Waals surface area contributed by atoms with Crippen LogP contribution in [0.5, 0.6) is 0 Å². The summed E-state index contributed by atoms with van der Waals surface area (Å²) in [6.45, 7) is 3.76. The molecule has 1 unspecified atom stereocenters. The maximum atomic E-state index is 11.8. The van der Waals surface area contributed by atoms with Gasteiger partial charge in [-0.2, -0.15) is 5.26 Å². The van der Waals surface area contributed by atoms with Crippen molar-refractivity contribution in [3.05, 3.63) is 47.9 Å². The second kappa shape index (κ2) is 8.47. The molecule has 0 saturated heterocycles. The molecule has 0 radical (unpaired) electrons. The van der Waals surface area contributed by atoms with Gasteiger partial charge in [0.05, 0.1) is 13.7 Å². The molecule has 0 N–H and O–H groups in total. The number of carbonyl (C=O) groups excluding carboxylic acids is 2. The highest BCUT2D eigenvalue weighted by Crippen LogP contribution is 2.17. The largest absolute Gasteiger partial charge is 0.465 e. The number of hydrogen-bond acceptors (Lipinski definition) is 6. The topological polar surface area (TPSA) is 79.6 Å². The fourth-order valence-corrected chi connectivity index (χ4v) is 1.77. The summed E-state index contributed by atoms with van der Waals surface area (Å²) < 4.78 is 9.51. The van der Waals surface area contributed by atoms with Crippen molar-refractivity contribution in [3.63, 3.8) is 0 Å². The fraction of sp³-hybridized carbons (Fsp3) is 0.312. The van der Waals surface area contributed by atoms with E-state index in [1.165, 1.54) is 13.2 Å². The SMILES string of the molecule is CCOC(=O)C(C)N1C=CC=C/C1=C\C=C(/C#N)C(=O)OC. The van der Waals surface area contributed by atoms with E-state index in [2.05, 4.69) is 4.74 Å². The van der Waals surface area contributed by atoms with Crippen molar-refractivity contribution in [1.29, 1.82) is 5.26 Å². The first kappa shape index (κ1) is 17.2. The van der Waals surface area contributed by atoms with Gasteiger partial charge in [0.15, 0.2) is 0 Å². The van der Waals surface area contributed by atoms with Gasteiger partial charge in [-0.15, -0.1) is 0 Å². The van der Waals surface area contributed by atoms with Crippen molar-refractivity contribution in [2.75, 3.05) is 13.7 Å². The van der Waals surface area contributed by atoms with Crippen molar-refractivity contribution in [2.24, 2.45) is 0 Å². The molecule has 0 bridgehead atoms. The Morgan fingerprint density at radius 3 is 2.77 bits per heavy atom. The van der Waals surface area contributed by atoms with Crippen LogP contribution in [0.15, 0.2) is 47.9 Å². The molecule has 0 saturated carbocycles. The maximum absolute atomic E-state index is 11.8. The van der Waals surface area contributed by atoms with E-state index >= 15 is 0 Å². The minimum atomic E-state index is -0.709. The number of hydrogen-bond donors (Lipinski definition) is 0. The third-order valence-corrected chi connectivity index (χ3v) is 2.91. The predicted octanol–water partition coefficient (Wildman–Crippen LogP) is 1.83. The normalized spacial score (nSPS) is 17.1. The minimum absolute atomic E-state index is 0.123. The first-order valence-electron chi connectivity index (χ1n) is 6.75. The van der Waals surface area contributed by atoms with Crippen LogP contribution < -0.4 is 0 Å². The van der Waals surface area contributed by atoms with Crippen LogP contribution in [0, 0.1) is 11.3 Å². The summed E-state index contributed by atoms with van der Waals surface area (Å²) in [6, 6.07) is 1.25. The third-order valence-electron chi connectivity index (χ3n) is 2.91. The molecule has 0 spiro atoms. The van der Waals surface area contributed by atoms with E-state index in [-0.39, 0.29) is 11.5 Å². The van der Waals surface area contributed by atoms with Gasteiger partial charge in [0.2, 0.25) is 0 Å². The molecular formula is C16H18N2O4. The van der Waals surface area contributed by atoms with Crippen LogP contribution in [0.2, 0.25) is 0 Å². The van der Waals surface area contributed by atoms with Crippen LogP contribution >= 0.6 is 0 Å². The number of carbonyl (C=O) groups is 2. The summed E-state index contributed by atoms with van der Waals surface area (Å²) in [7, 11) is 1.21. The lowest BCUT2D eigenvalue weighted by molar-refractivity contribution is -0.147. The number of ether oxygens (including phenoxy) is 2. The van der Waals surface area contributed by atoms with E-state index in [9.17, 15) is 9.59 Å². The molecular weight excluding hydrogens is 284 g/mol. The predicted molar refractivity (Wildman–Crippen MR) is 80.0 cm³/mol. The van der Waals surface area contributed by atoms with E-state index in [0.29, 0.717) is 12.3 Å². The van der Waals surface area contributed by atoms with E-state index in [1.807, 2.05) is 0 Å². The third kappa shape index (κ3) is 4.35. The number of nitrogens with zero attached hydrogens (tertiary/aromatic N) is 2. The Kier molecular flexibility index (Phi) is 6.64. The monoisotopic (exact) mass is 302 g/mol. The summed E-state index contributed by atoms with van der Waals surface area (Å²) >= 11 is 0. The number of esters is 2. The molecule has 1 heterocycles. The second-order valence-electron chi connectivity index (χ2n) is 4.31. The molecule has 6 heteroatoms. The molecule has 0 fully saturated rings. The highest BCUT2D eigenvalue weighted by Gasteiger charge is 2.22. The lowest BCUT2D eigenvalue weighted by Gasteiger charge is -2.28. The van der Waals surface area contributed by atoms with Gasteiger partial charge in [-0.05, 0) is 38.2 Å². The number of methoxy groups -OCH3 is 1. The molecule has 22 heavy (non-hydrogen) atoms. The Bertz CT molecular complexity index is 594. The standard InChI is InChI=1S/C16H18N2O4/c1-4-22-15(19)12(2)18-10-6-5-7-14(18)9-8-13(11-17)16(20)21-3/h5-10,12H,4H2,1-3H3/b13-8+,14-9+. The first-order chi connectivity index (χ1) is 10.5. The Balaban J connectivity index is 3.02. The summed E-state index contributed by atoms with van der Waals surface area (Å²) in [5.41, 5.74) is 0.529. The number of allylic oxidation sites excluding steroid dienone is 5. The van der Waals surface area contributed by atoms with Gasteiger partial charge >= 0.3 is 11.9 Å². The average Bonchev–Trinajstić information content (AvgIpc) is 2.55. The van der Waals surface area contributed by atoms with Crippen LogP contribution in [0.25, 0.3) is 0 Å². The van der Waals surface area contributed by atoms with Gasteiger partial charge in [-0.3, -0.25) is 0 Å². The molecule has 0 aromatic heterocycles. The van der Waals surface area contributed by atoms with Gasteiger partial charge in [0.25, 0.3) is 0 Å². The fourth-order valence-electron chi connectivity index (χ4n) is 1.77. The van der Waals surface area contributed by atoms with Gasteiger partial charge < -0.3 is 14.4 Å². The van der Waals surface area contributed by atoms with E-state index in [0.717, 1.165) is 0 Å². The molecule has 1 aliphatic rings. The van der Waals surface area contributed by atoms with Crippen molar-refractivity contribution >= 4 is 11.9 Å². The molecule has 6 nitrogen and oxygen atoms in total. The van der Waals surface area contributed by atoms with E-state index < -0.39 is 12.0 Å². The lowest BCUT2D eigenvalue weighted by atomic mass is 10.1. The molecule has 0 aliphatic carbocycles. The van der Waals surface area contributed by atoms with E-state index in [4.69, 9.17) is 10.00 Å². The molecule has 0 amide bonds. The van der Waals surface area contributed by atoms with Crippen molar-refractivity contribution < 1.29 is 19.1 Å². The summed E-state index contributed by atoms with van der Waals surface area (Å²) in [4.78, 5) is 24.9. The first-order valence-corrected chi connectivity index (χ1v) is 6.75. The molecule has 1 atom stereocenters. The van der Waals surface area contributed by atoms with E-state index in [1.54, 1.807) is 55.3 Å². The Labute approximate surface area is 129 Å². The molecule has 0 aromatic carbocycles. The molecule has 116 valence electrons. The molecule has 1 aliphatic heterocycles. The average molecular weight is 302 g/mol.